The lowest BCUT2D eigenvalue weighted by Gasteiger charge is -2.07. The summed E-state index contributed by atoms with van der Waals surface area (Å²) in [5.74, 6) is 0.691. The fourth-order valence-corrected chi connectivity index (χ4v) is 4.92. The Morgan fingerprint density at radius 3 is 2.22 bits per heavy atom. The van der Waals surface area contributed by atoms with Crippen molar-refractivity contribution in [1.29, 1.82) is 0 Å². The fraction of sp³-hybridized carbons (Fsp3) is 0. The average Bonchev–Trinajstić information content (AvgIpc) is 3.31. The van der Waals surface area contributed by atoms with Crippen LogP contribution in [0.4, 0.5) is 4.39 Å². The molecular formula is C31H17ClFN3O. The van der Waals surface area contributed by atoms with Gasteiger partial charge in [0.15, 0.2) is 11.6 Å². The topological polar surface area (TPSA) is 51.8 Å². The van der Waals surface area contributed by atoms with Crippen molar-refractivity contribution in [3.05, 3.63) is 114 Å². The van der Waals surface area contributed by atoms with E-state index in [2.05, 4.69) is 22.1 Å². The predicted octanol–water partition coefficient (Wildman–Crippen LogP) is 8.72. The smallest absolute Gasteiger partial charge is 0.226 e. The van der Waals surface area contributed by atoms with Gasteiger partial charge in [-0.15, -0.1) is 0 Å². The quantitative estimate of drug-likeness (QED) is 0.243. The Kier molecular flexibility index (Phi) is 4.98. The summed E-state index contributed by atoms with van der Waals surface area (Å²) in [6.07, 6.45) is 0. The fourth-order valence-electron chi connectivity index (χ4n) is 4.76. The van der Waals surface area contributed by atoms with Crippen LogP contribution in [0.25, 0.3) is 66.6 Å². The summed E-state index contributed by atoms with van der Waals surface area (Å²) < 4.78 is 19.6. The molecule has 0 radical (unpaired) electrons. The largest absolute Gasteiger partial charge is 0.456 e. The zero-order chi connectivity index (χ0) is 24.9. The highest BCUT2D eigenvalue weighted by Gasteiger charge is 2.17. The summed E-state index contributed by atoms with van der Waals surface area (Å²) in [5.41, 5.74) is 4.97. The maximum absolute atomic E-state index is 13.5. The summed E-state index contributed by atoms with van der Waals surface area (Å²) in [7, 11) is 0. The first-order chi connectivity index (χ1) is 18.1. The molecule has 0 saturated carbocycles. The molecule has 0 amide bonds. The monoisotopic (exact) mass is 501 g/mol. The van der Waals surface area contributed by atoms with Crippen molar-refractivity contribution in [2.24, 2.45) is 0 Å². The highest BCUT2D eigenvalue weighted by Crippen LogP contribution is 2.38. The van der Waals surface area contributed by atoms with Gasteiger partial charge in [-0.05, 0) is 69.9 Å². The molecule has 0 aliphatic heterocycles. The van der Waals surface area contributed by atoms with Gasteiger partial charge in [0.05, 0.1) is 0 Å². The molecule has 0 unspecified atom stereocenters. The van der Waals surface area contributed by atoms with Crippen LogP contribution < -0.4 is 0 Å². The third-order valence-electron chi connectivity index (χ3n) is 6.53. The van der Waals surface area contributed by atoms with Gasteiger partial charge in [-0.2, -0.15) is 9.97 Å². The third kappa shape index (κ3) is 3.81. The number of aromatic nitrogens is 3. The van der Waals surface area contributed by atoms with E-state index in [1.165, 1.54) is 12.1 Å². The normalized spacial score (nSPS) is 11.5. The predicted molar refractivity (Wildman–Crippen MR) is 146 cm³/mol. The molecule has 0 spiro atoms. The number of halogens is 2. The van der Waals surface area contributed by atoms with Crippen LogP contribution in [0.5, 0.6) is 0 Å². The molecule has 37 heavy (non-hydrogen) atoms. The number of hydrogen-bond acceptors (Lipinski definition) is 4. The molecule has 0 bridgehead atoms. The van der Waals surface area contributed by atoms with E-state index in [1.807, 2.05) is 66.7 Å². The second-order valence-corrected chi connectivity index (χ2v) is 9.15. The van der Waals surface area contributed by atoms with E-state index in [4.69, 9.17) is 21.0 Å². The molecule has 6 heteroatoms. The lowest BCUT2D eigenvalue weighted by Crippen LogP contribution is -1.97. The van der Waals surface area contributed by atoms with Crippen LogP contribution in [0.1, 0.15) is 0 Å². The van der Waals surface area contributed by atoms with Gasteiger partial charge in [0.2, 0.25) is 5.28 Å². The minimum absolute atomic E-state index is 0.116. The van der Waals surface area contributed by atoms with Crippen molar-refractivity contribution < 1.29 is 8.81 Å². The number of nitrogens with zero attached hydrogens (tertiary/aromatic N) is 3. The standard InChI is InChI=1S/C31H17ClFN3O/c32-31-35-29(22-9-8-18-4-1-2-5-20(18)16-22)34-30(36-31)24-6-3-7-27-28(24)25-17-21(12-15-26(25)37-27)19-10-13-23(33)14-11-19/h1-17H. The zero-order valence-electron chi connectivity index (χ0n) is 19.3. The van der Waals surface area contributed by atoms with Crippen molar-refractivity contribution in [3.63, 3.8) is 0 Å². The van der Waals surface area contributed by atoms with E-state index in [0.717, 1.165) is 49.4 Å². The molecule has 0 fully saturated rings. The molecule has 7 aromatic rings. The molecule has 5 aromatic carbocycles. The van der Waals surface area contributed by atoms with Crippen molar-refractivity contribution in [2.45, 2.75) is 0 Å². The van der Waals surface area contributed by atoms with E-state index in [0.29, 0.717) is 17.2 Å². The van der Waals surface area contributed by atoms with Crippen LogP contribution in [0.15, 0.2) is 108 Å². The van der Waals surface area contributed by atoms with Crippen LogP contribution in [-0.2, 0) is 0 Å². The summed E-state index contributed by atoms with van der Waals surface area (Å²) in [6, 6.07) is 32.4. The first-order valence-corrected chi connectivity index (χ1v) is 12.1. The Labute approximate surface area is 216 Å². The SMILES string of the molecule is Fc1ccc(-c2ccc3oc4cccc(-c5nc(Cl)nc(-c6ccc7ccccc7c6)n5)c4c3c2)cc1. The number of benzene rings is 5. The summed E-state index contributed by atoms with van der Waals surface area (Å²) in [6.45, 7) is 0. The minimum Gasteiger partial charge on any atom is -0.456 e. The molecule has 0 aliphatic rings. The van der Waals surface area contributed by atoms with Gasteiger partial charge in [0.25, 0.3) is 0 Å². The maximum atomic E-state index is 13.5. The van der Waals surface area contributed by atoms with E-state index >= 15 is 0 Å². The highest BCUT2D eigenvalue weighted by molar-refractivity contribution is 6.28. The molecule has 7 rings (SSSR count). The van der Waals surface area contributed by atoms with Gasteiger partial charge in [-0.3, -0.25) is 0 Å². The average molecular weight is 502 g/mol. The number of fused-ring (bicyclic) bond motifs is 4. The van der Waals surface area contributed by atoms with Gasteiger partial charge in [-0.1, -0.05) is 66.7 Å². The lowest BCUT2D eigenvalue weighted by atomic mass is 10.0. The van der Waals surface area contributed by atoms with E-state index in [1.54, 1.807) is 12.1 Å². The molecule has 2 aromatic heterocycles. The van der Waals surface area contributed by atoms with Gasteiger partial charge >= 0.3 is 0 Å². The van der Waals surface area contributed by atoms with Crippen molar-refractivity contribution in [1.82, 2.24) is 15.0 Å². The van der Waals surface area contributed by atoms with E-state index in [-0.39, 0.29) is 11.1 Å². The van der Waals surface area contributed by atoms with E-state index < -0.39 is 0 Å². The van der Waals surface area contributed by atoms with Crippen LogP contribution in [0.3, 0.4) is 0 Å². The molecule has 176 valence electrons. The van der Waals surface area contributed by atoms with Gasteiger partial charge in [0.1, 0.15) is 17.0 Å². The van der Waals surface area contributed by atoms with Crippen LogP contribution >= 0.6 is 11.6 Å². The summed E-state index contributed by atoms with van der Waals surface area (Å²) in [5, 5.41) is 4.14. The van der Waals surface area contributed by atoms with Crippen molar-refractivity contribution in [3.8, 4) is 33.9 Å². The molecule has 2 heterocycles. The molecule has 0 saturated heterocycles. The second kappa shape index (κ2) is 8.50. The molecule has 0 N–H and O–H groups in total. The summed E-state index contributed by atoms with van der Waals surface area (Å²) in [4.78, 5) is 13.7. The van der Waals surface area contributed by atoms with Gasteiger partial charge in [-0.25, -0.2) is 9.37 Å². The molecule has 0 aliphatic carbocycles. The van der Waals surface area contributed by atoms with Gasteiger partial charge < -0.3 is 4.42 Å². The van der Waals surface area contributed by atoms with Crippen molar-refractivity contribution >= 4 is 44.3 Å². The molecular weight excluding hydrogens is 485 g/mol. The number of hydrogen-bond donors (Lipinski definition) is 0. The first-order valence-electron chi connectivity index (χ1n) is 11.7. The Bertz CT molecular complexity index is 1960. The van der Waals surface area contributed by atoms with Crippen LogP contribution in [0.2, 0.25) is 5.28 Å². The Morgan fingerprint density at radius 1 is 0.595 bits per heavy atom. The van der Waals surface area contributed by atoms with Gasteiger partial charge in [0, 0.05) is 21.9 Å². The number of furan rings is 1. The lowest BCUT2D eigenvalue weighted by molar-refractivity contribution is 0.628. The van der Waals surface area contributed by atoms with Crippen LogP contribution in [0, 0.1) is 5.82 Å². The van der Waals surface area contributed by atoms with Crippen molar-refractivity contribution in [2.75, 3.05) is 0 Å². The Morgan fingerprint density at radius 2 is 1.35 bits per heavy atom. The maximum Gasteiger partial charge on any atom is 0.226 e. The third-order valence-corrected chi connectivity index (χ3v) is 6.70. The minimum atomic E-state index is -0.269. The Balaban J connectivity index is 1.42. The highest BCUT2D eigenvalue weighted by atomic mass is 35.5. The summed E-state index contributed by atoms with van der Waals surface area (Å²) >= 11 is 6.41. The first kappa shape index (κ1) is 21.7. The van der Waals surface area contributed by atoms with Crippen LogP contribution in [-0.4, -0.2) is 15.0 Å². The molecule has 4 nitrogen and oxygen atoms in total. The Hall–Kier alpha value is -4.61. The number of rotatable bonds is 3. The zero-order valence-corrected chi connectivity index (χ0v) is 20.1. The van der Waals surface area contributed by atoms with E-state index in [9.17, 15) is 4.39 Å². The second-order valence-electron chi connectivity index (χ2n) is 8.81. The molecule has 0 atom stereocenters.